The summed E-state index contributed by atoms with van der Waals surface area (Å²) in [5, 5.41) is 3.13. The Morgan fingerprint density at radius 2 is 1.67 bits per heavy atom. The molecule has 11 heteroatoms. The van der Waals surface area contributed by atoms with E-state index in [9.17, 15) is 16.8 Å². The van der Waals surface area contributed by atoms with Gasteiger partial charge in [0, 0.05) is 51.0 Å². The fraction of sp³-hybridized carbons (Fsp3) is 0.312. The number of benzene rings is 1. The monoisotopic (exact) mass is 413 g/mol. The van der Waals surface area contributed by atoms with Gasteiger partial charge in [-0.15, -0.1) is 0 Å². The van der Waals surface area contributed by atoms with Crippen LogP contribution in [0.2, 0.25) is 0 Å². The van der Waals surface area contributed by atoms with E-state index in [4.69, 9.17) is 0 Å². The van der Waals surface area contributed by atoms with E-state index in [0.717, 1.165) is 15.6 Å². The maximum Gasteiger partial charge on any atom is 0.301 e. The van der Waals surface area contributed by atoms with Crippen molar-refractivity contribution in [1.82, 2.24) is 14.0 Å². The third kappa shape index (κ3) is 5.89. The first-order valence-corrected chi connectivity index (χ1v) is 11.0. The third-order valence-electron chi connectivity index (χ3n) is 3.64. The normalized spacial score (nSPS) is 12.1. The minimum absolute atomic E-state index is 0.0513. The van der Waals surface area contributed by atoms with Crippen LogP contribution in [0.5, 0.6) is 0 Å². The summed E-state index contributed by atoms with van der Waals surface area (Å²) in [7, 11) is -4.54. The third-order valence-corrected chi connectivity index (χ3v) is 6.58. The standard InChI is InChI=1S/C16H23N5O4S2/c1-13-12-17-9-8-16(13)18-10-11-19-26(22,23)15-6-4-14(5-7-15)20-27(24,25)21(2)3/h4-9,12,19-20H,10-11H2,1-3H3,(H,17,18). The van der Waals surface area contributed by atoms with Crippen LogP contribution >= 0.6 is 0 Å². The minimum Gasteiger partial charge on any atom is -0.383 e. The van der Waals surface area contributed by atoms with Crippen molar-refractivity contribution in [2.24, 2.45) is 0 Å². The summed E-state index contributed by atoms with van der Waals surface area (Å²) in [6.45, 7) is 2.51. The molecule has 0 amide bonds. The quantitative estimate of drug-likeness (QED) is 0.528. The topological polar surface area (TPSA) is 120 Å². The van der Waals surface area contributed by atoms with Crippen molar-refractivity contribution in [3.63, 3.8) is 0 Å². The molecule has 1 heterocycles. The van der Waals surface area contributed by atoms with Gasteiger partial charge in [0.2, 0.25) is 10.0 Å². The Morgan fingerprint density at radius 3 is 2.26 bits per heavy atom. The van der Waals surface area contributed by atoms with Crippen LogP contribution < -0.4 is 14.8 Å². The first kappa shape index (κ1) is 21.1. The van der Waals surface area contributed by atoms with Gasteiger partial charge in [-0.3, -0.25) is 9.71 Å². The molecule has 0 radical (unpaired) electrons. The molecule has 0 fully saturated rings. The average molecular weight is 414 g/mol. The van der Waals surface area contributed by atoms with E-state index in [-0.39, 0.29) is 17.1 Å². The van der Waals surface area contributed by atoms with E-state index in [2.05, 4.69) is 19.7 Å². The van der Waals surface area contributed by atoms with Gasteiger partial charge in [0.15, 0.2) is 0 Å². The number of pyridine rings is 1. The van der Waals surface area contributed by atoms with Crippen molar-refractivity contribution in [3.8, 4) is 0 Å². The predicted octanol–water partition coefficient (Wildman–Crippen LogP) is 0.999. The molecule has 0 aliphatic carbocycles. The zero-order valence-electron chi connectivity index (χ0n) is 15.3. The van der Waals surface area contributed by atoms with Crippen molar-refractivity contribution < 1.29 is 16.8 Å². The van der Waals surface area contributed by atoms with E-state index in [0.29, 0.717) is 6.54 Å². The molecule has 0 aliphatic rings. The Balaban J connectivity index is 1.93. The summed E-state index contributed by atoms with van der Waals surface area (Å²) < 4.78 is 54.0. The van der Waals surface area contributed by atoms with Crippen LogP contribution in [0.15, 0.2) is 47.6 Å². The second kappa shape index (κ2) is 8.65. The van der Waals surface area contributed by atoms with Gasteiger partial charge in [-0.25, -0.2) is 13.1 Å². The largest absolute Gasteiger partial charge is 0.383 e. The number of rotatable bonds is 9. The van der Waals surface area contributed by atoms with E-state index in [1.54, 1.807) is 12.4 Å². The number of aromatic nitrogens is 1. The number of sulfonamides is 1. The Kier molecular flexibility index (Phi) is 6.76. The molecule has 9 nitrogen and oxygen atoms in total. The minimum atomic E-state index is -3.69. The SMILES string of the molecule is Cc1cnccc1NCCNS(=O)(=O)c1ccc(NS(=O)(=O)N(C)C)cc1. The van der Waals surface area contributed by atoms with Crippen molar-refractivity contribution in [3.05, 3.63) is 48.3 Å². The molecular formula is C16H23N5O4S2. The lowest BCUT2D eigenvalue weighted by molar-refractivity contribution is 0.527. The Labute approximate surface area is 160 Å². The van der Waals surface area contributed by atoms with Gasteiger partial charge in [-0.1, -0.05) is 0 Å². The maximum absolute atomic E-state index is 12.3. The van der Waals surface area contributed by atoms with Crippen molar-refractivity contribution >= 4 is 31.6 Å². The van der Waals surface area contributed by atoms with E-state index in [1.807, 2.05) is 13.0 Å². The molecule has 27 heavy (non-hydrogen) atoms. The molecule has 148 valence electrons. The molecule has 0 spiro atoms. The highest BCUT2D eigenvalue weighted by molar-refractivity contribution is 7.90. The number of aryl methyl sites for hydroxylation is 1. The van der Waals surface area contributed by atoms with Gasteiger partial charge in [0.05, 0.1) is 4.90 Å². The average Bonchev–Trinajstić information content (AvgIpc) is 2.60. The highest BCUT2D eigenvalue weighted by Crippen LogP contribution is 2.16. The number of hydrogen-bond donors (Lipinski definition) is 3. The maximum atomic E-state index is 12.3. The van der Waals surface area contributed by atoms with Crippen molar-refractivity contribution in [1.29, 1.82) is 0 Å². The lowest BCUT2D eigenvalue weighted by Crippen LogP contribution is -2.29. The van der Waals surface area contributed by atoms with Crippen LogP contribution in [0.4, 0.5) is 11.4 Å². The number of anilines is 2. The van der Waals surface area contributed by atoms with Crippen LogP contribution in [0.25, 0.3) is 0 Å². The zero-order chi connectivity index (χ0) is 20.1. The molecule has 0 saturated heterocycles. The first-order chi connectivity index (χ1) is 12.6. The summed E-state index contributed by atoms with van der Waals surface area (Å²) in [6, 6.07) is 7.30. The van der Waals surface area contributed by atoms with Crippen LogP contribution in [-0.4, -0.2) is 53.3 Å². The lowest BCUT2D eigenvalue weighted by Gasteiger charge is -2.14. The zero-order valence-corrected chi connectivity index (χ0v) is 16.9. The van der Waals surface area contributed by atoms with Crippen LogP contribution in [0.1, 0.15) is 5.56 Å². The van der Waals surface area contributed by atoms with Gasteiger partial charge in [-0.2, -0.15) is 12.7 Å². The number of hydrogen-bond acceptors (Lipinski definition) is 6. The first-order valence-electron chi connectivity index (χ1n) is 8.06. The van der Waals surface area contributed by atoms with Crippen LogP contribution in [0, 0.1) is 6.92 Å². The van der Waals surface area contributed by atoms with E-state index >= 15 is 0 Å². The molecule has 2 rings (SSSR count). The predicted molar refractivity (Wildman–Crippen MR) is 105 cm³/mol. The Hall–Kier alpha value is -2.21. The molecule has 2 aromatic rings. The van der Waals surface area contributed by atoms with Gasteiger partial charge >= 0.3 is 10.2 Å². The molecule has 3 N–H and O–H groups in total. The highest BCUT2D eigenvalue weighted by Gasteiger charge is 2.16. The second-order valence-corrected chi connectivity index (χ2v) is 9.58. The summed E-state index contributed by atoms with van der Waals surface area (Å²) >= 11 is 0. The smallest absolute Gasteiger partial charge is 0.301 e. The summed E-state index contributed by atoms with van der Waals surface area (Å²) in [4.78, 5) is 4.05. The van der Waals surface area contributed by atoms with Crippen molar-refractivity contribution in [2.75, 3.05) is 37.2 Å². The Bertz CT molecular complexity index is 974. The fourth-order valence-electron chi connectivity index (χ4n) is 2.08. The second-order valence-electron chi connectivity index (χ2n) is 5.93. The number of nitrogens with one attached hydrogen (secondary N) is 3. The highest BCUT2D eigenvalue weighted by atomic mass is 32.2. The number of nitrogens with zero attached hydrogens (tertiary/aromatic N) is 2. The van der Waals surface area contributed by atoms with Crippen LogP contribution in [0.3, 0.4) is 0 Å². The summed E-state index contributed by atoms with van der Waals surface area (Å²) in [5.74, 6) is 0. The molecule has 1 aromatic carbocycles. The van der Waals surface area contributed by atoms with Gasteiger partial charge in [-0.05, 0) is 42.8 Å². The van der Waals surface area contributed by atoms with Gasteiger partial charge in [0.1, 0.15) is 0 Å². The molecule has 0 bridgehead atoms. The molecule has 0 atom stereocenters. The lowest BCUT2D eigenvalue weighted by atomic mass is 10.2. The van der Waals surface area contributed by atoms with E-state index in [1.165, 1.54) is 38.4 Å². The summed E-state index contributed by atoms with van der Waals surface area (Å²) in [5.41, 5.74) is 2.13. The van der Waals surface area contributed by atoms with Gasteiger partial charge in [0.25, 0.3) is 0 Å². The molecule has 0 unspecified atom stereocenters. The molecule has 0 aliphatic heterocycles. The van der Waals surface area contributed by atoms with Gasteiger partial charge < -0.3 is 5.32 Å². The van der Waals surface area contributed by atoms with Crippen molar-refractivity contribution in [2.45, 2.75) is 11.8 Å². The summed E-state index contributed by atoms with van der Waals surface area (Å²) in [6.07, 6.45) is 3.38. The van der Waals surface area contributed by atoms with E-state index < -0.39 is 20.2 Å². The Morgan fingerprint density at radius 1 is 1.00 bits per heavy atom. The fourth-order valence-corrected chi connectivity index (χ4v) is 3.73. The molecule has 0 saturated carbocycles. The molecular weight excluding hydrogens is 390 g/mol. The van der Waals surface area contributed by atoms with Crippen LogP contribution in [-0.2, 0) is 20.2 Å². The molecule has 1 aromatic heterocycles.